The summed E-state index contributed by atoms with van der Waals surface area (Å²) in [6.45, 7) is 7.96. The topological polar surface area (TPSA) is 116 Å². The molecule has 0 saturated carbocycles. The van der Waals surface area contributed by atoms with Crippen LogP contribution in [0.2, 0.25) is 0 Å². The van der Waals surface area contributed by atoms with E-state index in [-0.39, 0.29) is 11.9 Å². The molecule has 0 spiro atoms. The van der Waals surface area contributed by atoms with E-state index in [1.807, 2.05) is 47.1 Å². The van der Waals surface area contributed by atoms with Crippen molar-refractivity contribution >= 4 is 32.8 Å². The van der Waals surface area contributed by atoms with E-state index in [1.54, 1.807) is 18.3 Å². The van der Waals surface area contributed by atoms with Gasteiger partial charge < -0.3 is 20.0 Å². The zero-order chi connectivity index (χ0) is 29.1. The lowest BCUT2D eigenvalue weighted by molar-refractivity contribution is 0.0745. The number of nitrogens with one attached hydrogen (secondary N) is 2. The molecule has 2 N–H and O–H groups in total. The van der Waals surface area contributed by atoms with Crippen molar-refractivity contribution in [1.29, 1.82) is 10.0 Å². The summed E-state index contributed by atoms with van der Waals surface area (Å²) in [6.07, 6.45) is 4.95. The Kier molecular flexibility index (Phi) is 8.18. The van der Waals surface area contributed by atoms with Crippen LogP contribution < -0.4 is 15.1 Å². The van der Waals surface area contributed by atoms with Gasteiger partial charge in [-0.3, -0.25) is 4.79 Å². The molecule has 9 nitrogen and oxygen atoms in total. The third kappa shape index (κ3) is 6.15. The molecule has 1 aromatic heterocycles. The first kappa shape index (κ1) is 28.4. The fraction of sp³-hybridized carbons (Fsp3) is 0.387. The average Bonchev–Trinajstić information content (AvgIpc) is 2.98. The van der Waals surface area contributed by atoms with Crippen molar-refractivity contribution in [3.8, 4) is 6.07 Å². The number of rotatable bonds is 6. The van der Waals surface area contributed by atoms with Gasteiger partial charge in [-0.25, -0.2) is 14.0 Å². The Hall–Kier alpha value is -4.10. The summed E-state index contributed by atoms with van der Waals surface area (Å²) in [5.74, 6) is 0.580. The molecule has 0 bridgehead atoms. The molecular weight excluding hydrogens is 534 g/mol. The molecule has 3 aromatic rings. The second kappa shape index (κ2) is 11.8. The molecular formula is C31H37N7O2S. The van der Waals surface area contributed by atoms with E-state index in [0.29, 0.717) is 48.0 Å². The van der Waals surface area contributed by atoms with Crippen LogP contribution in [0.4, 0.5) is 17.2 Å². The third-order valence-electron chi connectivity index (χ3n) is 8.06. The number of aromatic nitrogens is 1. The van der Waals surface area contributed by atoms with Gasteiger partial charge in [-0.05, 0) is 68.1 Å². The zero-order valence-electron chi connectivity index (χ0n) is 23.9. The summed E-state index contributed by atoms with van der Waals surface area (Å²) in [5, 5.41) is 13.2. The summed E-state index contributed by atoms with van der Waals surface area (Å²) in [5.41, 5.74) is 5.46. The summed E-state index contributed by atoms with van der Waals surface area (Å²) in [7, 11) is -2.91. The van der Waals surface area contributed by atoms with Gasteiger partial charge in [0, 0.05) is 69.0 Å². The number of hydrogen-bond acceptors (Lipinski definition) is 8. The predicted octanol–water partition coefficient (Wildman–Crippen LogP) is 4.65. The molecule has 0 aliphatic carbocycles. The minimum Gasteiger partial charge on any atom is -0.382 e. The SMILES string of the molecule is Cc1cc(C)c(C(=O)N2CCN(c3ncccc3[S@@](C)(=N)=O)CC2)cc1NC1CCN(c2ccccc2C#N)CC1. The van der Waals surface area contributed by atoms with Crippen molar-refractivity contribution in [2.24, 2.45) is 0 Å². The fourth-order valence-corrected chi connectivity index (χ4v) is 6.65. The highest BCUT2D eigenvalue weighted by atomic mass is 32.2. The van der Waals surface area contributed by atoms with Crippen LogP contribution in [-0.4, -0.2) is 71.6 Å². The Balaban J connectivity index is 1.24. The van der Waals surface area contributed by atoms with Gasteiger partial charge in [0.05, 0.1) is 25.9 Å². The van der Waals surface area contributed by atoms with E-state index in [1.165, 1.54) is 6.26 Å². The zero-order valence-corrected chi connectivity index (χ0v) is 24.7. The number of anilines is 3. The second-order valence-corrected chi connectivity index (χ2v) is 13.1. The first-order valence-corrected chi connectivity index (χ1v) is 16.0. The van der Waals surface area contributed by atoms with Crippen molar-refractivity contribution in [3.05, 3.63) is 77.0 Å². The summed E-state index contributed by atoms with van der Waals surface area (Å²) < 4.78 is 20.5. The van der Waals surface area contributed by atoms with Crippen LogP contribution in [0.1, 0.15) is 39.9 Å². The molecule has 1 amide bonds. The van der Waals surface area contributed by atoms with Gasteiger partial charge >= 0.3 is 0 Å². The maximum absolute atomic E-state index is 13.7. The molecule has 2 aliphatic heterocycles. The number of benzene rings is 2. The second-order valence-electron chi connectivity index (χ2n) is 11.0. The highest BCUT2D eigenvalue weighted by molar-refractivity contribution is 7.91. The standard InChI is InChI=1S/C31H37N7O2S/c1-22-19-23(2)27(35-25-10-13-36(14-11-25)28-8-5-4-7-24(28)21-32)20-26(22)31(39)38-17-15-37(16-18-38)30-29(41(3,33)40)9-6-12-34-30/h4-9,12,19-20,25,33,35H,10-11,13-18H2,1-3H3/t41-/m0/s1. The van der Waals surface area contributed by atoms with Gasteiger partial charge in [-0.2, -0.15) is 5.26 Å². The third-order valence-corrected chi connectivity index (χ3v) is 9.22. The summed E-state index contributed by atoms with van der Waals surface area (Å²) in [6, 6.07) is 17.8. The number of nitrogens with zero attached hydrogens (tertiary/aromatic N) is 5. The van der Waals surface area contributed by atoms with Gasteiger partial charge in [0.1, 0.15) is 11.9 Å². The lowest BCUT2D eigenvalue weighted by atomic mass is 9.99. The molecule has 2 aromatic carbocycles. The van der Waals surface area contributed by atoms with Crippen LogP contribution in [0.15, 0.2) is 59.6 Å². The molecule has 3 heterocycles. The first-order valence-electron chi connectivity index (χ1n) is 14.0. The van der Waals surface area contributed by atoms with Crippen molar-refractivity contribution in [1.82, 2.24) is 9.88 Å². The van der Waals surface area contributed by atoms with Crippen LogP contribution in [0.25, 0.3) is 0 Å². The van der Waals surface area contributed by atoms with Crippen molar-refractivity contribution < 1.29 is 9.00 Å². The average molecular weight is 572 g/mol. The van der Waals surface area contributed by atoms with E-state index < -0.39 is 9.73 Å². The number of para-hydroxylation sites is 1. The molecule has 0 radical (unpaired) electrons. The molecule has 1 atom stereocenters. The maximum atomic E-state index is 13.7. The van der Waals surface area contributed by atoms with E-state index in [9.17, 15) is 14.3 Å². The van der Waals surface area contributed by atoms with Crippen LogP contribution in [-0.2, 0) is 9.73 Å². The molecule has 10 heteroatoms. The highest BCUT2D eigenvalue weighted by Gasteiger charge is 2.27. The maximum Gasteiger partial charge on any atom is 0.254 e. The van der Waals surface area contributed by atoms with E-state index in [0.717, 1.165) is 48.4 Å². The van der Waals surface area contributed by atoms with Crippen LogP contribution >= 0.6 is 0 Å². The monoisotopic (exact) mass is 571 g/mol. The molecule has 0 unspecified atom stereocenters. The Bertz CT molecular complexity index is 1580. The Labute approximate surface area is 242 Å². The predicted molar refractivity (Wildman–Crippen MR) is 163 cm³/mol. The Morgan fingerprint density at radius 2 is 1.71 bits per heavy atom. The van der Waals surface area contributed by atoms with E-state index in [4.69, 9.17) is 4.78 Å². The molecule has 41 heavy (non-hydrogen) atoms. The van der Waals surface area contributed by atoms with Crippen molar-refractivity contribution in [2.45, 2.75) is 37.6 Å². The van der Waals surface area contributed by atoms with Crippen LogP contribution in [0, 0.1) is 30.0 Å². The number of nitriles is 1. The number of carbonyl (C=O) groups is 1. The number of piperidine rings is 1. The Morgan fingerprint density at radius 3 is 2.39 bits per heavy atom. The highest BCUT2D eigenvalue weighted by Crippen LogP contribution is 2.29. The van der Waals surface area contributed by atoms with E-state index in [2.05, 4.69) is 34.3 Å². The number of aryl methyl sites for hydroxylation is 2. The normalized spacial score (nSPS) is 17.6. The molecule has 2 aliphatic rings. The first-order chi connectivity index (χ1) is 19.7. The summed E-state index contributed by atoms with van der Waals surface area (Å²) in [4.78, 5) is 24.7. The minimum absolute atomic E-state index is 0.00848. The van der Waals surface area contributed by atoms with Gasteiger partial charge in [0.15, 0.2) is 0 Å². The molecule has 2 fully saturated rings. The molecule has 2 saturated heterocycles. The van der Waals surface area contributed by atoms with Crippen molar-refractivity contribution in [3.63, 3.8) is 0 Å². The van der Waals surface area contributed by atoms with Gasteiger partial charge in [-0.1, -0.05) is 18.2 Å². The van der Waals surface area contributed by atoms with Crippen molar-refractivity contribution in [2.75, 3.05) is 60.6 Å². The number of hydrogen-bond donors (Lipinski definition) is 2. The van der Waals surface area contributed by atoms with Gasteiger partial charge in [-0.15, -0.1) is 0 Å². The quantitative estimate of drug-likeness (QED) is 0.442. The van der Waals surface area contributed by atoms with Gasteiger partial charge in [0.2, 0.25) is 0 Å². The fourth-order valence-electron chi connectivity index (χ4n) is 5.78. The largest absolute Gasteiger partial charge is 0.382 e. The lowest BCUT2D eigenvalue weighted by Crippen LogP contribution is -2.49. The van der Waals surface area contributed by atoms with E-state index >= 15 is 0 Å². The molecule has 5 rings (SSSR count). The number of pyridine rings is 1. The summed E-state index contributed by atoms with van der Waals surface area (Å²) >= 11 is 0. The number of amides is 1. The lowest BCUT2D eigenvalue weighted by Gasteiger charge is -2.36. The van der Waals surface area contributed by atoms with Gasteiger partial charge in [0.25, 0.3) is 5.91 Å². The minimum atomic E-state index is -2.91. The number of piperazine rings is 1. The van der Waals surface area contributed by atoms with Crippen LogP contribution in [0.5, 0.6) is 0 Å². The smallest absolute Gasteiger partial charge is 0.254 e. The molecule has 214 valence electrons. The Morgan fingerprint density at radius 1 is 1.00 bits per heavy atom. The van der Waals surface area contributed by atoms with Crippen LogP contribution in [0.3, 0.4) is 0 Å². The number of carbonyl (C=O) groups excluding carboxylic acids is 1.